The highest BCUT2D eigenvalue weighted by atomic mass is 16.4. The third-order valence-corrected chi connectivity index (χ3v) is 1.93. The fourth-order valence-corrected chi connectivity index (χ4v) is 1.27. The van der Waals surface area contributed by atoms with Gasteiger partial charge >= 0.3 is 5.97 Å². The fraction of sp³-hybridized carbons (Fsp3) is 0.500. The molecule has 0 radical (unpaired) electrons. The molecule has 0 aliphatic heterocycles. The second-order valence-electron chi connectivity index (χ2n) is 3.35. The molecule has 0 aromatic carbocycles. The maximum absolute atomic E-state index is 10.6. The van der Waals surface area contributed by atoms with E-state index in [1.807, 2.05) is 19.9 Å². The number of hydrogen-bond acceptors (Lipinski definition) is 4. The lowest BCUT2D eigenvalue weighted by Gasteiger charge is -2.19. The molecule has 1 N–H and O–H groups in total. The lowest BCUT2D eigenvalue weighted by atomic mass is 10.3. The van der Waals surface area contributed by atoms with Crippen molar-refractivity contribution in [2.24, 2.45) is 0 Å². The van der Waals surface area contributed by atoms with Crippen LogP contribution in [0.4, 0.5) is 5.82 Å². The largest absolute Gasteiger partial charge is 0.480 e. The van der Waals surface area contributed by atoms with E-state index in [1.54, 1.807) is 11.0 Å². The zero-order valence-corrected chi connectivity index (χ0v) is 8.97. The molecule has 0 bridgehead atoms. The Balaban J connectivity index is 2.78. The monoisotopic (exact) mass is 209 g/mol. The Bertz CT molecular complexity index is 324. The molecule has 82 valence electrons. The molecule has 1 heterocycles. The number of aromatic nitrogens is 2. The predicted molar refractivity (Wildman–Crippen MR) is 56.9 cm³/mol. The summed E-state index contributed by atoms with van der Waals surface area (Å²) in [4.78, 5) is 12.3. The topological polar surface area (TPSA) is 66.3 Å². The van der Waals surface area contributed by atoms with E-state index in [9.17, 15) is 4.79 Å². The number of carboxylic acid groups (broad SMARTS) is 1. The zero-order valence-electron chi connectivity index (χ0n) is 8.97. The number of aryl methyl sites for hydroxylation is 1. The first kappa shape index (κ1) is 11.4. The van der Waals surface area contributed by atoms with Crippen molar-refractivity contribution in [3.05, 3.63) is 17.8 Å². The van der Waals surface area contributed by atoms with Crippen molar-refractivity contribution in [3.8, 4) is 0 Å². The molecule has 1 aromatic heterocycles. The summed E-state index contributed by atoms with van der Waals surface area (Å²) in [5.74, 6) is -0.240. The van der Waals surface area contributed by atoms with Crippen molar-refractivity contribution in [2.75, 3.05) is 18.0 Å². The zero-order chi connectivity index (χ0) is 11.3. The van der Waals surface area contributed by atoms with Gasteiger partial charge in [0.1, 0.15) is 6.54 Å². The number of rotatable bonds is 5. The van der Waals surface area contributed by atoms with Gasteiger partial charge in [0.2, 0.25) is 0 Å². The van der Waals surface area contributed by atoms with Crippen molar-refractivity contribution in [1.82, 2.24) is 10.2 Å². The molecule has 1 rings (SSSR count). The highest BCUT2D eigenvalue weighted by Gasteiger charge is 2.10. The Kier molecular flexibility index (Phi) is 4.03. The highest BCUT2D eigenvalue weighted by molar-refractivity contribution is 5.73. The molecule has 0 saturated carbocycles. The number of anilines is 1. The van der Waals surface area contributed by atoms with Gasteiger partial charge in [-0.2, -0.15) is 5.10 Å². The van der Waals surface area contributed by atoms with Crippen LogP contribution in [0.1, 0.15) is 19.0 Å². The standard InChI is InChI=1S/C10H15N3O2/c1-3-6-13(7-10(14)15)9-5-4-8(2)11-12-9/h4-5H,3,6-7H2,1-2H3,(H,14,15). The van der Waals surface area contributed by atoms with Crippen molar-refractivity contribution in [2.45, 2.75) is 20.3 Å². The molecule has 0 atom stereocenters. The van der Waals surface area contributed by atoms with Gasteiger partial charge in [0.05, 0.1) is 5.69 Å². The van der Waals surface area contributed by atoms with Crippen LogP contribution in [0.3, 0.4) is 0 Å². The number of carboxylic acids is 1. The quantitative estimate of drug-likeness (QED) is 0.786. The number of hydrogen-bond donors (Lipinski definition) is 1. The van der Waals surface area contributed by atoms with Crippen LogP contribution in [0.2, 0.25) is 0 Å². The maximum Gasteiger partial charge on any atom is 0.323 e. The van der Waals surface area contributed by atoms with Gasteiger partial charge in [0.25, 0.3) is 0 Å². The summed E-state index contributed by atoms with van der Waals surface area (Å²) in [6.07, 6.45) is 0.878. The van der Waals surface area contributed by atoms with Gasteiger partial charge in [-0.25, -0.2) is 0 Å². The minimum Gasteiger partial charge on any atom is -0.480 e. The van der Waals surface area contributed by atoms with E-state index >= 15 is 0 Å². The van der Waals surface area contributed by atoms with Crippen LogP contribution < -0.4 is 4.90 Å². The first-order chi connectivity index (χ1) is 7.13. The van der Waals surface area contributed by atoms with Gasteiger partial charge in [-0.05, 0) is 25.5 Å². The molecular weight excluding hydrogens is 194 g/mol. The third-order valence-electron chi connectivity index (χ3n) is 1.93. The van der Waals surface area contributed by atoms with Crippen molar-refractivity contribution >= 4 is 11.8 Å². The van der Waals surface area contributed by atoms with Crippen LogP contribution >= 0.6 is 0 Å². The van der Waals surface area contributed by atoms with Gasteiger partial charge in [-0.15, -0.1) is 5.10 Å². The number of nitrogens with zero attached hydrogens (tertiary/aromatic N) is 3. The average molecular weight is 209 g/mol. The van der Waals surface area contributed by atoms with Gasteiger partial charge in [0.15, 0.2) is 5.82 Å². The Hall–Kier alpha value is -1.65. The van der Waals surface area contributed by atoms with Crippen LogP contribution in [0.25, 0.3) is 0 Å². The molecule has 0 spiro atoms. The molecule has 1 aromatic rings. The van der Waals surface area contributed by atoms with Crippen molar-refractivity contribution in [1.29, 1.82) is 0 Å². The van der Waals surface area contributed by atoms with Gasteiger partial charge < -0.3 is 10.0 Å². The van der Waals surface area contributed by atoms with E-state index in [-0.39, 0.29) is 6.54 Å². The summed E-state index contributed by atoms with van der Waals surface area (Å²) in [6.45, 7) is 4.48. The number of carbonyl (C=O) groups is 1. The summed E-state index contributed by atoms with van der Waals surface area (Å²) in [6, 6.07) is 3.62. The normalized spacial score (nSPS) is 10.0. The second kappa shape index (κ2) is 5.29. The van der Waals surface area contributed by atoms with Gasteiger partial charge in [-0.3, -0.25) is 4.79 Å². The van der Waals surface area contributed by atoms with E-state index in [0.717, 1.165) is 12.1 Å². The molecule has 5 nitrogen and oxygen atoms in total. The Morgan fingerprint density at radius 3 is 2.67 bits per heavy atom. The van der Waals surface area contributed by atoms with Crippen LogP contribution in [0.5, 0.6) is 0 Å². The fourth-order valence-electron chi connectivity index (χ4n) is 1.27. The van der Waals surface area contributed by atoms with E-state index in [1.165, 1.54) is 0 Å². The second-order valence-corrected chi connectivity index (χ2v) is 3.35. The van der Waals surface area contributed by atoms with E-state index < -0.39 is 5.97 Å². The Morgan fingerprint density at radius 2 is 2.20 bits per heavy atom. The van der Waals surface area contributed by atoms with Crippen LogP contribution in [-0.2, 0) is 4.79 Å². The Labute approximate surface area is 88.7 Å². The minimum absolute atomic E-state index is 0.0361. The lowest BCUT2D eigenvalue weighted by Crippen LogP contribution is -2.31. The SMILES string of the molecule is CCCN(CC(=O)O)c1ccc(C)nn1. The summed E-state index contributed by atoms with van der Waals surface area (Å²) in [5.41, 5.74) is 0.825. The molecule has 15 heavy (non-hydrogen) atoms. The van der Waals surface area contributed by atoms with E-state index in [0.29, 0.717) is 12.4 Å². The van der Waals surface area contributed by atoms with E-state index in [2.05, 4.69) is 10.2 Å². The maximum atomic E-state index is 10.6. The molecule has 0 saturated heterocycles. The van der Waals surface area contributed by atoms with E-state index in [4.69, 9.17) is 5.11 Å². The summed E-state index contributed by atoms with van der Waals surface area (Å²) in [7, 11) is 0. The minimum atomic E-state index is -0.856. The highest BCUT2D eigenvalue weighted by Crippen LogP contribution is 2.09. The van der Waals surface area contributed by atoms with Gasteiger partial charge in [-0.1, -0.05) is 6.92 Å². The molecule has 0 amide bonds. The Morgan fingerprint density at radius 1 is 1.47 bits per heavy atom. The predicted octanol–water partition coefficient (Wildman–Crippen LogP) is 1.09. The molecule has 0 fully saturated rings. The number of aliphatic carboxylic acids is 1. The van der Waals surface area contributed by atoms with Crippen LogP contribution in [0, 0.1) is 6.92 Å². The molecule has 0 unspecified atom stereocenters. The van der Waals surface area contributed by atoms with Gasteiger partial charge in [0, 0.05) is 6.54 Å². The molecule has 5 heteroatoms. The first-order valence-corrected chi connectivity index (χ1v) is 4.90. The van der Waals surface area contributed by atoms with Crippen molar-refractivity contribution in [3.63, 3.8) is 0 Å². The summed E-state index contributed by atoms with van der Waals surface area (Å²) < 4.78 is 0. The smallest absolute Gasteiger partial charge is 0.323 e. The molecule has 0 aliphatic rings. The third kappa shape index (κ3) is 3.53. The molecular formula is C10H15N3O2. The summed E-state index contributed by atoms with van der Waals surface area (Å²) in [5, 5.41) is 16.6. The van der Waals surface area contributed by atoms with Crippen LogP contribution in [0.15, 0.2) is 12.1 Å². The lowest BCUT2D eigenvalue weighted by molar-refractivity contribution is -0.135. The molecule has 0 aliphatic carbocycles. The summed E-state index contributed by atoms with van der Waals surface area (Å²) >= 11 is 0. The van der Waals surface area contributed by atoms with Crippen molar-refractivity contribution < 1.29 is 9.90 Å². The first-order valence-electron chi connectivity index (χ1n) is 4.90. The van der Waals surface area contributed by atoms with Crippen LogP contribution in [-0.4, -0.2) is 34.4 Å². The average Bonchev–Trinajstić information content (AvgIpc) is 2.17.